The second kappa shape index (κ2) is 5.05. The number of benzene rings is 1. The second-order valence-corrected chi connectivity index (χ2v) is 6.61. The van der Waals surface area contributed by atoms with E-state index >= 15 is 0 Å². The zero-order valence-corrected chi connectivity index (χ0v) is 14.6. The molecule has 4 rings (SSSR count). The minimum Gasteiger partial charge on any atom is -0.236 e. The number of fused-ring (bicyclic) bond motifs is 3. The van der Waals surface area contributed by atoms with E-state index in [-0.39, 0.29) is 0 Å². The van der Waals surface area contributed by atoms with E-state index in [1.807, 2.05) is 12.3 Å². The van der Waals surface area contributed by atoms with Crippen LogP contribution in [-0.4, -0.2) is 9.55 Å². The van der Waals surface area contributed by atoms with E-state index in [1.165, 1.54) is 31.2 Å². The van der Waals surface area contributed by atoms with Crippen molar-refractivity contribution >= 4 is 44.7 Å². The summed E-state index contributed by atoms with van der Waals surface area (Å²) in [5, 5.41) is 2.42. The number of aromatic nitrogens is 3. The lowest BCUT2D eigenvalue weighted by Crippen LogP contribution is -2.30. The lowest BCUT2D eigenvalue weighted by molar-refractivity contribution is -0.647. The lowest BCUT2D eigenvalue weighted by Gasteiger charge is -2.06. The fourth-order valence-electron chi connectivity index (χ4n) is 3.04. The molecule has 0 saturated carbocycles. The van der Waals surface area contributed by atoms with Gasteiger partial charge in [0.05, 0.1) is 24.0 Å². The maximum Gasteiger partial charge on any atom is 0.296 e. The van der Waals surface area contributed by atoms with Gasteiger partial charge in [-0.25, -0.2) is 9.55 Å². The molecule has 0 fully saturated rings. The molecule has 1 aromatic carbocycles. The van der Waals surface area contributed by atoms with Crippen LogP contribution >= 0.6 is 22.6 Å². The largest absolute Gasteiger partial charge is 0.296 e. The molecule has 4 heteroatoms. The Bertz CT molecular complexity index is 1020. The van der Waals surface area contributed by atoms with Crippen LogP contribution in [0.25, 0.3) is 27.8 Å². The van der Waals surface area contributed by atoms with Gasteiger partial charge in [-0.15, -0.1) is 0 Å². The van der Waals surface area contributed by atoms with E-state index < -0.39 is 0 Å². The first-order valence-corrected chi connectivity index (χ1v) is 8.25. The predicted molar refractivity (Wildman–Crippen MR) is 97.2 cm³/mol. The minimum absolute atomic E-state index is 1.00. The van der Waals surface area contributed by atoms with Crippen molar-refractivity contribution < 1.29 is 4.57 Å². The third-order valence-electron chi connectivity index (χ3n) is 4.13. The Morgan fingerprint density at radius 2 is 1.86 bits per heavy atom. The molecule has 0 spiro atoms. The van der Waals surface area contributed by atoms with Crippen LogP contribution in [0, 0.1) is 10.5 Å². The van der Waals surface area contributed by atoms with Gasteiger partial charge in [-0.05, 0) is 65.9 Å². The van der Waals surface area contributed by atoms with Crippen molar-refractivity contribution in [3.8, 4) is 5.69 Å². The highest BCUT2D eigenvalue weighted by Crippen LogP contribution is 2.30. The highest BCUT2D eigenvalue weighted by molar-refractivity contribution is 14.1. The highest BCUT2D eigenvalue weighted by Gasteiger charge is 2.23. The van der Waals surface area contributed by atoms with Crippen molar-refractivity contribution in [3.63, 3.8) is 0 Å². The number of halogens is 1. The molecule has 0 aliphatic carbocycles. The van der Waals surface area contributed by atoms with Crippen LogP contribution in [0.5, 0.6) is 0 Å². The van der Waals surface area contributed by atoms with Crippen LogP contribution < -0.4 is 4.57 Å². The van der Waals surface area contributed by atoms with Crippen molar-refractivity contribution in [2.45, 2.75) is 6.92 Å². The Morgan fingerprint density at radius 1 is 1.05 bits per heavy atom. The van der Waals surface area contributed by atoms with Crippen LogP contribution in [0.1, 0.15) is 5.56 Å². The monoisotopic (exact) mass is 400 g/mol. The van der Waals surface area contributed by atoms with Gasteiger partial charge < -0.3 is 0 Å². The quantitative estimate of drug-likeness (QED) is 0.351. The van der Waals surface area contributed by atoms with E-state index in [2.05, 4.69) is 93.3 Å². The molecule has 0 saturated heterocycles. The lowest BCUT2D eigenvalue weighted by atomic mass is 10.2. The van der Waals surface area contributed by atoms with E-state index in [4.69, 9.17) is 0 Å². The number of nitrogens with zero attached hydrogens (tertiary/aromatic N) is 3. The summed E-state index contributed by atoms with van der Waals surface area (Å²) >= 11 is 2.39. The predicted octanol–water partition coefficient (Wildman–Crippen LogP) is 3.92. The Kier molecular flexibility index (Phi) is 3.14. The molecule has 0 aliphatic rings. The van der Waals surface area contributed by atoms with Crippen LogP contribution in [0.4, 0.5) is 0 Å². The van der Waals surface area contributed by atoms with Gasteiger partial charge in [0.15, 0.2) is 0 Å². The molecule has 0 radical (unpaired) electrons. The van der Waals surface area contributed by atoms with Gasteiger partial charge >= 0.3 is 0 Å². The number of rotatable bonds is 1. The van der Waals surface area contributed by atoms with Gasteiger partial charge in [-0.2, -0.15) is 4.57 Å². The Hall–Kier alpha value is -1.95. The summed E-state index contributed by atoms with van der Waals surface area (Å²) in [5.41, 5.74) is 4.63. The van der Waals surface area contributed by atoms with Gasteiger partial charge in [-0.3, -0.25) is 0 Å². The summed E-state index contributed by atoms with van der Waals surface area (Å²) in [4.78, 5) is 4.65. The third kappa shape index (κ3) is 1.86. The number of hydrogen-bond donors (Lipinski definition) is 0. The third-order valence-corrected chi connectivity index (χ3v) is 5.30. The van der Waals surface area contributed by atoms with Crippen molar-refractivity contribution in [1.29, 1.82) is 0 Å². The maximum atomic E-state index is 4.65. The van der Waals surface area contributed by atoms with Crippen molar-refractivity contribution in [3.05, 3.63) is 64.0 Å². The molecule has 0 N–H and O–H groups in total. The molecule has 4 aromatic rings. The van der Waals surface area contributed by atoms with Crippen LogP contribution in [0.3, 0.4) is 0 Å². The van der Waals surface area contributed by atoms with Gasteiger partial charge in [0.25, 0.3) is 5.65 Å². The molecule has 108 valence electrons. The van der Waals surface area contributed by atoms with Crippen molar-refractivity contribution in [2.75, 3.05) is 0 Å². The molecule has 0 aliphatic heterocycles. The summed E-state index contributed by atoms with van der Waals surface area (Å²) in [7, 11) is 2.08. The molecule has 0 atom stereocenters. The molecular weight excluding hydrogens is 385 g/mol. The average Bonchev–Trinajstić information content (AvgIpc) is 2.86. The second-order valence-electron chi connectivity index (χ2n) is 5.45. The average molecular weight is 400 g/mol. The van der Waals surface area contributed by atoms with E-state index in [0.29, 0.717) is 0 Å². The van der Waals surface area contributed by atoms with Crippen molar-refractivity contribution in [1.82, 2.24) is 9.55 Å². The summed E-state index contributed by atoms with van der Waals surface area (Å²) in [6, 6.07) is 14.8. The first-order chi connectivity index (χ1) is 10.7. The molecule has 0 amide bonds. The number of aryl methyl sites for hydroxylation is 1. The SMILES string of the molecule is Cc1c(I)cccc1-n1c2ncccc2c2ccc[n+](C)c21. The van der Waals surface area contributed by atoms with E-state index in [9.17, 15) is 0 Å². The molecule has 3 nitrogen and oxygen atoms in total. The molecule has 3 aromatic heterocycles. The number of hydrogen-bond acceptors (Lipinski definition) is 1. The van der Waals surface area contributed by atoms with Gasteiger partial charge in [0.2, 0.25) is 5.65 Å². The van der Waals surface area contributed by atoms with E-state index in [0.717, 1.165) is 5.65 Å². The minimum atomic E-state index is 1.00. The summed E-state index contributed by atoms with van der Waals surface area (Å²) < 4.78 is 5.69. The van der Waals surface area contributed by atoms with E-state index in [1.54, 1.807) is 0 Å². The normalized spacial score (nSPS) is 11.4. The van der Waals surface area contributed by atoms with Crippen LogP contribution in [0.2, 0.25) is 0 Å². The standard InChI is InChI=1S/C18H15IN3/c1-12-15(19)8-3-9-16(12)22-17-13(6-4-10-20-17)14-7-5-11-21(2)18(14)22/h3-11H,1-2H3/q+1. The van der Waals surface area contributed by atoms with Crippen molar-refractivity contribution in [2.24, 2.45) is 7.05 Å². The summed E-state index contributed by atoms with van der Waals surface area (Å²) in [6.07, 6.45) is 3.95. The maximum absolute atomic E-state index is 4.65. The molecular formula is C18H15IN3+. The smallest absolute Gasteiger partial charge is 0.236 e. The fourth-order valence-corrected chi connectivity index (χ4v) is 3.53. The first-order valence-electron chi connectivity index (χ1n) is 7.18. The highest BCUT2D eigenvalue weighted by atomic mass is 127. The Labute approximate surface area is 142 Å². The van der Waals surface area contributed by atoms with Gasteiger partial charge in [0.1, 0.15) is 5.69 Å². The molecule has 0 unspecified atom stereocenters. The van der Waals surface area contributed by atoms with Gasteiger partial charge in [-0.1, -0.05) is 6.07 Å². The molecule has 3 heterocycles. The zero-order valence-electron chi connectivity index (χ0n) is 12.4. The van der Waals surface area contributed by atoms with Crippen LogP contribution in [0.15, 0.2) is 54.9 Å². The topological polar surface area (TPSA) is 21.7 Å². The number of pyridine rings is 2. The van der Waals surface area contributed by atoms with Crippen LogP contribution in [-0.2, 0) is 7.05 Å². The first kappa shape index (κ1) is 13.7. The summed E-state index contributed by atoms with van der Waals surface area (Å²) in [6.45, 7) is 2.17. The molecule has 0 bridgehead atoms. The summed E-state index contributed by atoms with van der Waals surface area (Å²) in [5.74, 6) is 0. The fraction of sp³-hybridized carbons (Fsp3) is 0.111. The molecule has 22 heavy (non-hydrogen) atoms. The Balaban J connectivity index is 2.27. The zero-order chi connectivity index (χ0) is 15.3. The Morgan fingerprint density at radius 3 is 2.73 bits per heavy atom. The van der Waals surface area contributed by atoms with Gasteiger partial charge in [0, 0.05) is 15.3 Å².